The molecule has 41 heavy (non-hydrogen) atoms. The standard InChI is InChI=1S/C36H36O5/c37-36(23-21-29-13-5-1-6-14-29)35(40-28-32-19-11-4-12-20-32)34(39-27-31-17-9-3-10-18-31)25-33(41-36)22-24-38-26-30-15-7-2-8-16-30/h1-20,33-35,37H,22,24-28H2/t33-,34+,35-,36+/m1/s1. The maximum absolute atomic E-state index is 12.0. The molecule has 1 saturated heterocycles. The summed E-state index contributed by atoms with van der Waals surface area (Å²) in [7, 11) is 0. The molecule has 5 heteroatoms. The van der Waals surface area contributed by atoms with Crippen LogP contribution in [0, 0.1) is 11.8 Å². The van der Waals surface area contributed by atoms with E-state index < -0.39 is 18.0 Å². The van der Waals surface area contributed by atoms with Gasteiger partial charge >= 0.3 is 0 Å². The largest absolute Gasteiger partial charge is 0.377 e. The maximum atomic E-state index is 12.0. The lowest BCUT2D eigenvalue weighted by Gasteiger charge is -2.44. The highest BCUT2D eigenvalue weighted by atomic mass is 16.7. The molecule has 1 heterocycles. The quantitative estimate of drug-likeness (QED) is 0.176. The summed E-state index contributed by atoms with van der Waals surface area (Å²) in [6, 6.07) is 39.5. The lowest BCUT2D eigenvalue weighted by atomic mass is 9.93. The molecule has 4 aromatic rings. The second-order valence-corrected chi connectivity index (χ2v) is 10.2. The molecule has 0 amide bonds. The summed E-state index contributed by atoms with van der Waals surface area (Å²) in [4.78, 5) is 0. The molecule has 1 aliphatic rings. The van der Waals surface area contributed by atoms with Gasteiger partial charge in [0.15, 0.2) is 6.10 Å². The first-order valence-corrected chi connectivity index (χ1v) is 14.1. The van der Waals surface area contributed by atoms with Crippen molar-refractivity contribution in [3.8, 4) is 11.8 Å². The first-order chi connectivity index (χ1) is 20.2. The van der Waals surface area contributed by atoms with Crippen LogP contribution in [0.4, 0.5) is 0 Å². The van der Waals surface area contributed by atoms with Crippen LogP contribution in [-0.2, 0) is 38.8 Å². The molecule has 210 valence electrons. The molecule has 0 saturated carbocycles. The third-order valence-corrected chi connectivity index (χ3v) is 7.00. The Hall–Kier alpha value is -3.76. The molecule has 0 radical (unpaired) electrons. The molecule has 0 aromatic heterocycles. The van der Waals surface area contributed by atoms with E-state index in [1.165, 1.54) is 0 Å². The summed E-state index contributed by atoms with van der Waals surface area (Å²) >= 11 is 0. The zero-order valence-electron chi connectivity index (χ0n) is 23.1. The van der Waals surface area contributed by atoms with E-state index in [1.807, 2.05) is 121 Å². The minimum atomic E-state index is -1.88. The Morgan fingerprint density at radius 3 is 1.78 bits per heavy atom. The van der Waals surface area contributed by atoms with Gasteiger partial charge < -0.3 is 24.1 Å². The number of hydrogen-bond acceptors (Lipinski definition) is 5. The van der Waals surface area contributed by atoms with Crippen molar-refractivity contribution in [2.75, 3.05) is 6.61 Å². The van der Waals surface area contributed by atoms with Crippen LogP contribution in [0.2, 0.25) is 0 Å². The van der Waals surface area contributed by atoms with E-state index in [-0.39, 0.29) is 6.10 Å². The van der Waals surface area contributed by atoms with Crippen LogP contribution < -0.4 is 0 Å². The highest BCUT2D eigenvalue weighted by Gasteiger charge is 2.50. The Balaban J connectivity index is 1.36. The van der Waals surface area contributed by atoms with Crippen molar-refractivity contribution in [3.63, 3.8) is 0 Å². The Kier molecular flexibility index (Phi) is 10.3. The number of ether oxygens (including phenoxy) is 4. The monoisotopic (exact) mass is 548 g/mol. The summed E-state index contributed by atoms with van der Waals surface area (Å²) in [6.07, 6.45) is -0.501. The topological polar surface area (TPSA) is 57.2 Å². The van der Waals surface area contributed by atoms with Crippen molar-refractivity contribution in [1.82, 2.24) is 0 Å². The van der Waals surface area contributed by atoms with Gasteiger partial charge in [-0.1, -0.05) is 115 Å². The highest BCUT2D eigenvalue weighted by molar-refractivity contribution is 5.36. The van der Waals surface area contributed by atoms with Crippen LogP contribution in [0.25, 0.3) is 0 Å². The van der Waals surface area contributed by atoms with Crippen molar-refractivity contribution >= 4 is 0 Å². The van der Waals surface area contributed by atoms with Gasteiger partial charge in [-0.2, -0.15) is 0 Å². The van der Waals surface area contributed by atoms with Crippen LogP contribution >= 0.6 is 0 Å². The van der Waals surface area contributed by atoms with Crippen LogP contribution in [0.15, 0.2) is 121 Å². The van der Waals surface area contributed by atoms with Crippen molar-refractivity contribution < 1.29 is 24.1 Å². The SMILES string of the molecule is O[C@@]1(C#Cc2ccccc2)O[C@H](CCOCc2ccccc2)C[C@H](OCc2ccccc2)[C@H]1OCc1ccccc1. The average Bonchev–Trinajstić information content (AvgIpc) is 3.03. The van der Waals surface area contributed by atoms with Crippen LogP contribution in [-0.4, -0.2) is 35.8 Å². The normalized spacial score (nSPS) is 22.0. The highest BCUT2D eigenvalue weighted by Crippen LogP contribution is 2.34. The first kappa shape index (κ1) is 28.8. The van der Waals surface area contributed by atoms with Crippen molar-refractivity contribution in [3.05, 3.63) is 144 Å². The third kappa shape index (κ3) is 8.61. The van der Waals surface area contributed by atoms with Gasteiger partial charge in [-0.25, -0.2) is 0 Å². The zero-order chi connectivity index (χ0) is 28.2. The molecule has 5 rings (SSSR count). The summed E-state index contributed by atoms with van der Waals surface area (Å²) in [5.41, 5.74) is 3.92. The third-order valence-electron chi connectivity index (χ3n) is 7.00. The fourth-order valence-corrected chi connectivity index (χ4v) is 4.86. The maximum Gasteiger partial charge on any atom is 0.261 e. The van der Waals surface area contributed by atoms with Crippen LogP contribution in [0.1, 0.15) is 35.1 Å². The molecule has 5 nitrogen and oxygen atoms in total. The molecule has 0 spiro atoms. The fourth-order valence-electron chi connectivity index (χ4n) is 4.86. The lowest BCUT2D eigenvalue weighted by molar-refractivity contribution is -0.311. The van der Waals surface area contributed by atoms with Crippen LogP contribution in [0.3, 0.4) is 0 Å². The Bertz CT molecular complexity index is 1370. The average molecular weight is 549 g/mol. The Morgan fingerprint density at radius 1 is 0.683 bits per heavy atom. The molecule has 0 bridgehead atoms. The number of rotatable bonds is 11. The van der Waals surface area contributed by atoms with E-state index in [0.29, 0.717) is 39.3 Å². The molecular formula is C36H36O5. The molecule has 1 fully saturated rings. The molecule has 1 aliphatic heterocycles. The minimum Gasteiger partial charge on any atom is -0.377 e. The van der Waals surface area contributed by atoms with E-state index in [1.54, 1.807) is 0 Å². The molecule has 0 unspecified atom stereocenters. The van der Waals surface area contributed by atoms with E-state index in [4.69, 9.17) is 18.9 Å². The number of benzene rings is 4. The predicted octanol–water partition coefficient (Wildman–Crippen LogP) is 6.29. The van der Waals surface area contributed by atoms with E-state index >= 15 is 0 Å². The Labute approximate surface area is 242 Å². The zero-order valence-corrected chi connectivity index (χ0v) is 23.1. The van der Waals surface area contributed by atoms with Crippen molar-refractivity contribution in [2.45, 2.75) is 56.8 Å². The smallest absolute Gasteiger partial charge is 0.261 e. The van der Waals surface area contributed by atoms with Gasteiger partial charge in [-0.05, 0) is 41.2 Å². The van der Waals surface area contributed by atoms with Gasteiger partial charge in [-0.15, -0.1) is 0 Å². The summed E-state index contributed by atoms with van der Waals surface area (Å²) in [5, 5.41) is 12.0. The van der Waals surface area contributed by atoms with Gasteiger partial charge in [-0.3, -0.25) is 0 Å². The van der Waals surface area contributed by atoms with E-state index in [2.05, 4.69) is 11.8 Å². The molecular weight excluding hydrogens is 512 g/mol. The Morgan fingerprint density at radius 2 is 1.20 bits per heavy atom. The van der Waals surface area contributed by atoms with E-state index in [0.717, 1.165) is 22.3 Å². The second kappa shape index (κ2) is 14.7. The number of hydrogen-bond donors (Lipinski definition) is 1. The van der Waals surface area contributed by atoms with Crippen LogP contribution in [0.5, 0.6) is 0 Å². The molecule has 0 aliphatic carbocycles. The first-order valence-electron chi connectivity index (χ1n) is 14.1. The van der Waals surface area contributed by atoms with Crippen molar-refractivity contribution in [1.29, 1.82) is 0 Å². The summed E-state index contributed by atoms with van der Waals surface area (Å²) in [5.74, 6) is 4.23. The molecule has 4 atom stereocenters. The predicted molar refractivity (Wildman–Crippen MR) is 159 cm³/mol. The van der Waals surface area contributed by atoms with Gasteiger partial charge in [0, 0.05) is 18.6 Å². The summed E-state index contributed by atoms with van der Waals surface area (Å²) in [6.45, 7) is 1.67. The minimum absolute atomic E-state index is 0.292. The van der Waals surface area contributed by atoms with Gasteiger partial charge in [0.05, 0.1) is 32.0 Å². The summed E-state index contributed by atoms with van der Waals surface area (Å²) < 4.78 is 25.1. The van der Waals surface area contributed by atoms with Gasteiger partial charge in [0.25, 0.3) is 5.79 Å². The van der Waals surface area contributed by atoms with E-state index in [9.17, 15) is 5.11 Å². The van der Waals surface area contributed by atoms with Gasteiger partial charge in [0.2, 0.25) is 0 Å². The molecule has 1 N–H and O–H groups in total. The molecule has 4 aromatic carbocycles. The second-order valence-electron chi connectivity index (χ2n) is 10.2. The van der Waals surface area contributed by atoms with Gasteiger partial charge in [0.1, 0.15) is 0 Å². The fraction of sp³-hybridized carbons (Fsp3) is 0.278. The van der Waals surface area contributed by atoms with Crippen molar-refractivity contribution in [2.24, 2.45) is 0 Å². The number of aliphatic hydroxyl groups is 1. The lowest BCUT2D eigenvalue weighted by Crippen LogP contribution is -2.59.